The molecule has 0 amide bonds. The molecule has 0 bridgehead atoms. The van der Waals surface area contributed by atoms with Crippen LogP contribution in [0, 0.1) is 13.8 Å². The van der Waals surface area contributed by atoms with Crippen molar-refractivity contribution >= 4 is 17.4 Å². The summed E-state index contributed by atoms with van der Waals surface area (Å²) in [5.74, 6) is 0.463. The summed E-state index contributed by atoms with van der Waals surface area (Å²) < 4.78 is 0. The molecule has 0 spiro atoms. The first-order valence-electron chi connectivity index (χ1n) is 6.04. The quantitative estimate of drug-likeness (QED) is 0.905. The van der Waals surface area contributed by atoms with Crippen molar-refractivity contribution in [3.63, 3.8) is 0 Å². The van der Waals surface area contributed by atoms with Crippen molar-refractivity contribution in [1.29, 1.82) is 0 Å². The molecule has 4 nitrogen and oxygen atoms in total. The van der Waals surface area contributed by atoms with Crippen LogP contribution in [-0.4, -0.2) is 17.0 Å². The zero-order valence-corrected chi connectivity index (χ0v) is 12.0. The first-order chi connectivity index (χ1) is 9.02. The molecular formula is C14H17ClN4. The lowest BCUT2D eigenvalue weighted by Gasteiger charge is -2.19. The first-order valence-corrected chi connectivity index (χ1v) is 6.42. The van der Waals surface area contributed by atoms with Crippen LogP contribution in [0.4, 0.5) is 5.82 Å². The lowest BCUT2D eigenvalue weighted by Crippen LogP contribution is -2.21. The second-order valence-corrected chi connectivity index (χ2v) is 5.00. The molecule has 2 aromatic rings. The Balaban J connectivity index is 2.52. The van der Waals surface area contributed by atoms with E-state index in [9.17, 15) is 0 Å². The standard InChI is InChI=1S/C14H17ClN4/c1-8-4-9(2)12(18-6-8)13(17-3)11-5-10(15)7-19-14(11)16/h4-7,13,17H,1-3H3,(H2,16,19). The number of rotatable bonds is 3. The summed E-state index contributed by atoms with van der Waals surface area (Å²) in [6.07, 6.45) is 3.39. The average molecular weight is 277 g/mol. The van der Waals surface area contributed by atoms with Crippen LogP contribution >= 0.6 is 11.6 Å². The van der Waals surface area contributed by atoms with Crippen LogP contribution < -0.4 is 11.1 Å². The molecule has 2 aromatic heterocycles. The SMILES string of the molecule is CNC(c1cc(Cl)cnc1N)c1ncc(C)cc1C. The fourth-order valence-electron chi connectivity index (χ4n) is 2.16. The summed E-state index contributed by atoms with van der Waals surface area (Å²) in [5, 5.41) is 3.79. The number of aryl methyl sites for hydroxylation is 2. The van der Waals surface area contributed by atoms with E-state index in [1.165, 1.54) is 0 Å². The molecule has 100 valence electrons. The van der Waals surface area contributed by atoms with Crippen LogP contribution in [0.15, 0.2) is 24.5 Å². The van der Waals surface area contributed by atoms with Crippen LogP contribution in [0.2, 0.25) is 5.02 Å². The summed E-state index contributed by atoms with van der Waals surface area (Å²) >= 11 is 6.00. The van der Waals surface area contributed by atoms with Gasteiger partial charge in [-0.2, -0.15) is 0 Å². The second kappa shape index (κ2) is 5.55. The highest BCUT2D eigenvalue weighted by molar-refractivity contribution is 6.30. The van der Waals surface area contributed by atoms with E-state index in [1.807, 2.05) is 33.2 Å². The average Bonchev–Trinajstić information content (AvgIpc) is 2.36. The van der Waals surface area contributed by atoms with Crippen molar-refractivity contribution in [1.82, 2.24) is 15.3 Å². The number of nitrogens with two attached hydrogens (primary N) is 1. The van der Waals surface area contributed by atoms with Crippen molar-refractivity contribution in [3.8, 4) is 0 Å². The molecule has 0 aliphatic heterocycles. The Morgan fingerprint density at radius 1 is 1.21 bits per heavy atom. The summed E-state index contributed by atoms with van der Waals surface area (Å²) in [4.78, 5) is 8.61. The smallest absolute Gasteiger partial charge is 0.128 e. The topological polar surface area (TPSA) is 63.8 Å². The van der Waals surface area contributed by atoms with E-state index >= 15 is 0 Å². The number of hydrogen-bond acceptors (Lipinski definition) is 4. The van der Waals surface area contributed by atoms with Gasteiger partial charge in [-0.25, -0.2) is 4.98 Å². The van der Waals surface area contributed by atoms with Gasteiger partial charge in [-0.1, -0.05) is 17.7 Å². The Labute approximate surface area is 118 Å². The van der Waals surface area contributed by atoms with Gasteiger partial charge in [-0.15, -0.1) is 0 Å². The van der Waals surface area contributed by atoms with Crippen molar-refractivity contribution in [2.75, 3.05) is 12.8 Å². The molecule has 0 aliphatic rings. The van der Waals surface area contributed by atoms with Gasteiger partial charge >= 0.3 is 0 Å². The van der Waals surface area contributed by atoms with Crippen LogP contribution in [0.25, 0.3) is 0 Å². The largest absolute Gasteiger partial charge is 0.383 e. The molecule has 3 N–H and O–H groups in total. The monoisotopic (exact) mass is 276 g/mol. The number of halogens is 1. The molecule has 19 heavy (non-hydrogen) atoms. The van der Waals surface area contributed by atoms with Crippen LogP contribution in [0.3, 0.4) is 0 Å². The molecule has 0 saturated carbocycles. The Morgan fingerprint density at radius 2 is 1.95 bits per heavy atom. The predicted octanol–water partition coefficient (Wildman–Crippen LogP) is 2.64. The molecule has 0 aromatic carbocycles. The van der Waals surface area contributed by atoms with Gasteiger partial charge in [0.15, 0.2) is 0 Å². The molecule has 2 rings (SSSR count). The second-order valence-electron chi connectivity index (χ2n) is 4.56. The van der Waals surface area contributed by atoms with Gasteiger partial charge < -0.3 is 11.1 Å². The molecule has 1 atom stereocenters. The molecule has 0 fully saturated rings. The highest BCUT2D eigenvalue weighted by atomic mass is 35.5. The Morgan fingerprint density at radius 3 is 2.58 bits per heavy atom. The van der Waals surface area contributed by atoms with Crippen LogP contribution in [0.1, 0.15) is 28.4 Å². The number of nitrogens with zero attached hydrogens (tertiary/aromatic N) is 2. The minimum Gasteiger partial charge on any atom is -0.383 e. The number of aromatic nitrogens is 2. The number of pyridine rings is 2. The maximum Gasteiger partial charge on any atom is 0.128 e. The van der Waals surface area contributed by atoms with E-state index in [0.29, 0.717) is 10.8 Å². The van der Waals surface area contributed by atoms with Crippen molar-refractivity contribution < 1.29 is 0 Å². The molecular weight excluding hydrogens is 260 g/mol. The summed E-state index contributed by atoms with van der Waals surface area (Å²) in [5.41, 5.74) is 9.96. The summed E-state index contributed by atoms with van der Waals surface area (Å²) in [6.45, 7) is 4.06. The number of nitrogen functional groups attached to an aromatic ring is 1. The Hall–Kier alpha value is -1.65. The van der Waals surface area contributed by atoms with Gasteiger partial charge in [0.1, 0.15) is 5.82 Å². The fraction of sp³-hybridized carbons (Fsp3) is 0.286. The van der Waals surface area contributed by atoms with Gasteiger partial charge in [0, 0.05) is 18.0 Å². The van der Waals surface area contributed by atoms with Crippen molar-refractivity contribution in [2.45, 2.75) is 19.9 Å². The Bertz CT molecular complexity index is 598. The zero-order valence-electron chi connectivity index (χ0n) is 11.2. The molecule has 0 radical (unpaired) electrons. The fourth-order valence-corrected chi connectivity index (χ4v) is 2.33. The number of anilines is 1. The normalized spacial score (nSPS) is 12.4. The van der Waals surface area contributed by atoms with Gasteiger partial charge in [0.05, 0.1) is 16.8 Å². The third-order valence-electron chi connectivity index (χ3n) is 3.04. The highest BCUT2D eigenvalue weighted by Crippen LogP contribution is 2.28. The summed E-state index contributed by atoms with van der Waals surface area (Å²) in [7, 11) is 1.87. The molecule has 1 unspecified atom stereocenters. The minimum absolute atomic E-state index is 0.119. The van der Waals surface area contributed by atoms with Gasteiger partial charge in [-0.05, 0) is 38.1 Å². The maximum absolute atomic E-state index is 6.00. The van der Waals surface area contributed by atoms with E-state index in [2.05, 4.69) is 21.4 Å². The van der Waals surface area contributed by atoms with E-state index in [-0.39, 0.29) is 6.04 Å². The summed E-state index contributed by atoms with van der Waals surface area (Å²) in [6, 6.07) is 3.80. The minimum atomic E-state index is -0.119. The Kier molecular flexibility index (Phi) is 4.02. The number of hydrogen-bond donors (Lipinski definition) is 2. The van der Waals surface area contributed by atoms with Crippen LogP contribution in [-0.2, 0) is 0 Å². The first kappa shape index (κ1) is 13.8. The van der Waals surface area contributed by atoms with Gasteiger partial charge in [0.2, 0.25) is 0 Å². The number of nitrogens with one attached hydrogen (secondary N) is 1. The third-order valence-corrected chi connectivity index (χ3v) is 3.25. The van der Waals surface area contributed by atoms with E-state index in [0.717, 1.165) is 22.4 Å². The van der Waals surface area contributed by atoms with Gasteiger partial charge in [0.25, 0.3) is 0 Å². The van der Waals surface area contributed by atoms with Crippen LogP contribution in [0.5, 0.6) is 0 Å². The molecule has 5 heteroatoms. The molecule has 2 heterocycles. The lowest BCUT2D eigenvalue weighted by atomic mass is 10.00. The third kappa shape index (κ3) is 2.85. The lowest BCUT2D eigenvalue weighted by molar-refractivity contribution is 0.665. The van der Waals surface area contributed by atoms with Crippen molar-refractivity contribution in [3.05, 3.63) is 51.9 Å². The highest BCUT2D eigenvalue weighted by Gasteiger charge is 2.19. The maximum atomic E-state index is 6.00. The van der Waals surface area contributed by atoms with E-state index in [1.54, 1.807) is 6.20 Å². The molecule has 0 saturated heterocycles. The van der Waals surface area contributed by atoms with E-state index < -0.39 is 0 Å². The van der Waals surface area contributed by atoms with Gasteiger partial charge in [-0.3, -0.25) is 4.98 Å². The van der Waals surface area contributed by atoms with Crippen molar-refractivity contribution in [2.24, 2.45) is 0 Å². The van der Waals surface area contributed by atoms with E-state index in [4.69, 9.17) is 17.3 Å². The molecule has 0 aliphatic carbocycles. The zero-order chi connectivity index (χ0) is 14.0. The predicted molar refractivity (Wildman–Crippen MR) is 78.3 cm³/mol.